The number of thiophene rings is 1. The Morgan fingerprint density at radius 1 is 1.33 bits per heavy atom. The lowest BCUT2D eigenvalue weighted by Gasteiger charge is -1.93. The lowest BCUT2D eigenvalue weighted by Crippen LogP contribution is -1.89. The number of halogens is 1. The molecule has 0 bridgehead atoms. The van der Waals surface area contributed by atoms with E-state index < -0.39 is 0 Å². The molecule has 2 nitrogen and oxygen atoms in total. The maximum Gasteiger partial charge on any atom is 0.128 e. The fourth-order valence-electron chi connectivity index (χ4n) is 1.11. The third-order valence-electron chi connectivity index (χ3n) is 1.58. The van der Waals surface area contributed by atoms with Crippen LogP contribution in [-0.4, -0.2) is 9.97 Å². The van der Waals surface area contributed by atoms with Gasteiger partial charge in [-0.2, -0.15) is 0 Å². The topological polar surface area (TPSA) is 25.8 Å². The van der Waals surface area contributed by atoms with Crippen molar-refractivity contribution in [3.05, 3.63) is 20.5 Å². The van der Waals surface area contributed by atoms with Crippen LogP contribution >= 0.6 is 33.9 Å². The summed E-state index contributed by atoms with van der Waals surface area (Å²) in [5.41, 5.74) is 0. The molecule has 0 aliphatic carbocycles. The van der Waals surface area contributed by atoms with E-state index >= 15 is 0 Å². The molecular formula is C8H7IN2S. The number of nitrogens with zero attached hydrogens (tertiary/aromatic N) is 2. The van der Waals surface area contributed by atoms with Gasteiger partial charge < -0.3 is 0 Å². The minimum absolute atomic E-state index is 0.855. The molecule has 2 heterocycles. The summed E-state index contributed by atoms with van der Waals surface area (Å²) in [6, 6.07) is 2.14. The zero-order chi connectivity index (χ0) is 8.72. The standard InChI is InChI=1S/C8H7IN2S/c1-4-3-6-7(9)10-5(2)11-8(6)12-4/h3H,1-2H3. The van der Waals surface area contributed by atoms with Crippen LogP contribution in [0.3, 0.4) is 0 Å². The number of rotatable bonds is 0. The van der Waals surface area contributed by atoms with Gasteiger partial charge in [0.25, 0.3) is 0 Å². The van der Waals surface area contributed by atoms with Gasteiger partial charge >= 0.3 is 0 Å². The first kappa shape index (κ1) is 8.37. The van der Waals surface area contributed by atoms with Crippen LogP contribution in [0.5, 0.6) is 0 Å². The first-order chi connectivity index (χ1) is 5.66. The maximum atomic E-state index is 4.36. The van der Waals surface area contributed by atoms with Crippen molar-refractivity contribution in [1.82, 2.24) is 9.97 Å². The molecule has 0 radical (unpaired) electrons. The van der Waals surface area contributed by atoms with Gasteiger partial charge in [0.2, 0.25) is 0 Å². The molecular weight excluding hydrogens is 283 g/mol. The van der Waals surface area contributed by atoms with Gasteiger partial charge in [0.05, 0.1) is 0 Å². The smallest absolute Gasteiger partial charge is 0.128 e. The summed E-state index contributed by atoms with van der Waals surface area (Å²) in [5, 5.41) is 1.18. The van der Waals surface area contributed by atoms with Gasteiger partial charge in [0, 0.05) is 10.3 Å². The van der Waals surface area contributed by atoms with E-state index in [-0.39, 0.29) is 0 Å². The molecule has 62 valence electrons. The van der Waals surface area contributed by atoms with E-state index in [2.05, 4.69) is 45.5 Å². The summed E-state index contributed by atoms with van der Waals surface area (Å²) in [5.74, 6) is 0.855. The van der Waals surface area contributed by atoms with Gasteiger partial charge in [-0.1, -0.05) is 0 Å². The molecule has 0 N–H and O–H groups in total. The van der Waals surface area contributed by atoms with Crippen LogP contribution in [-0.2, 0) is 0 Å². The van der Waals surface area contributed by atoms with Crippen molar-refractivity contribution in [1.29, 1.82) is 0 Å². The molecule has 0 saturated carbocycles. The van der Waals surface area contributed by atoms with Gasteiger partial charge in [-0.15, -0.1) is 11.3 Å². The highest BCUT2D eigenvalue weighted by Gasteiger charge is 2.05. The number of hydrogen-bond donors (Lipinski definition) is 0. The summed E-state index contributed by atoms with van der Waals surface area (Å²) in [4.78, 5) is 11.1. The van der Waals surface area contributed by atoms with Crippen LogP contribution in [0.2, 0.25) is 0 Å². The van der Waals surface area contributed by atoms with Crippen molar-refractivity contribution in [3.63, 3.8) is 0 Å². The highest BCUT2D eigenvalue weighted by Crippen LogP contribution is 2.25. The summed E-state index contributed by atoms with van der Waals surface area (Å²) in [7, 11) is 0. The van der Waals surface area contributed by atoms with Crippen LogP contribution in [0.4, 0.5) is 0 Å². The molecule has 0 aliphatic heterocycles. The van der Waals surface area contributed by atoms with E-state index in [1.54, 1.807) is 11.3 Å². The van der Waals surface area contributed by atoms with Crippen molar-refractivity contribution in [2.24, 2.45) is 0 Å². The predicted molar refractivity (Wildman–Crippen MR) is 59.6 cm³/mol. The summed E-state index contributed by atoms with van der Waals surface area (Å²) < 4.78 is 1.06. The molecule has 0 amide bonds. The van der Waals surface area contributed by atoms with E-state index in [1.807, 2.05) is 6.92 Å². The molecule has 0 fully saturated rings. The van der Waals surface area contributed by atoms with Gasteiger partial charge in [-0.05, 0) is 42.5 Å². The average Bonchev–Trinajstić information content (AvgIpc) is 2.29. The minimum Gasteiger partial charge on any atom is -0.227 e. The van der Waals surface area contributed by atoms with Gasteiger partial charge in [0.1, 0.15) is 14.4 Å². The second-order valence-electron chi connectivity index (χ2n) is 2.64. The van der Waals surface area contributed by atoms with E-state index in [9.17, 15) is 0 Å². The van der Waals surface area contributed by atoms with Crippen molar-refractivity contribution in [2.45, 2.75) is 13.8 Å². The van der Waals surface area contributed by atoms with Crippen LogP contribution in [0, 0.1) is 17.5 Å². The Morgan fingerprint density at radius 3 is 2.83 bits per heavy atom. The second kappa shape index (κ2) is 2.92. The van der Waals surface area contributed by atoms with E-state index in [4.69, 9.17) is 0 Å². The normalized spacial score (nSPS) is 10.9. The second-order valence-corrected chi connectivity index (χ2v) is 4.89. The molecule has 0 saturated heterocycles. The summed E-state index contributed by atoms with van der Waals surface area (Å²) in [6.45, 7) is 4.02. The van der Waals surface area contributed by atoms with Crippen LogP contribution in [0.15, 0.2) is 6.07 Å². The molecule has 2 rings (SSSR count). The zero-order valence-corrected chi connectivity index (χ0v) is 9.73. The number of aromatic nitrogens is 2. The third-order valence-corrected chi connectivity index (χ3v) is 3.35. The number of hydrogen-bond acceptors (Lipinski definition) is 3. The Morgan fingerprint density at radius 2 is 2.08 bits per heavy atom. The van der Waals surface area contributed by atoms with Crippen molar-refractivity contribution < 1.29 is 0 Å². The predicted octanol–water partition coefficient (Wildman–Crippen LogP) is 2.91. The number of fused-ring (bicyclic) bond motifs is 1. The van der Waals surface area contributed by atoms with Crippen LogP contribution < -0.4 is 0 Å². The quantitative estimate of drug-likeness (QED) is 0.551. The van der Waals surface area contributed by atoms with Crippen molar-refractivity contribution in [3.8, 4) is 0 Å². The Hall–Kier alpha value is -0.230. The van der Waals surface area contributed by atoms with E-state index in [0.29, 0.717) is 0 Å². The molecule has 0 aromatic carbocycles. The minimum atomic E-state index is 0.855. The molecule has 12 heavy (non-hydrogen) atoms. The van der Waals surface area contributed by atoms with E-state index in [1.165, 1.54) is 10.3 Å². The lowest BCUT2D eigenvalue weighted by atomic mass is 10.4. The Balaban J connectivity index is 2.88. The average molecular weight is 290 g/mol. The molecule has 2 aromatic heterocycles. The fourth-order valence-corrected chi connectivity index (χ4v) is 2.98. The molecule has 4 heteroatoms. The summed E-state index contributed by atoms with van der Waals surface area (Å²) in [6.07, 6.45) is 0. The molecule has 2 aromatic rings. The van der Waals surface area contributed by atoms with Crippen molar-refractivity contribution >= 4 is 44.1 Å². The number of aryl methyl sites for hydroxylation is 2. The first-order valence-corrected chi connectivity index (χ1v) is 5.46. The largest absolute Gasteiger partial charge is 0.227 e. The molecule has 0 spiro atoms. The first-order valence-electron chi connectivity index (χ1n) is 3.57. The third kappa shape index (κ3) is 1.33. The maximum absolute atomic E-state index is 4.36. The molecule has 0 aliphatic rings. The van der Waals surface area contributed by atoms with Crippen LogP contribution in [0.25, 0.3) is 10.2 Å². The summed E-state index contributed by atoms with van der Waals surface area (Å²) >= 11 is 3.98. The van der Waals surface area contributed by atoms with Crippen molar-refractivity contribution in [2.75, 3.05) is 0 Å². The Kier molecular flexibility index (Phi) is 2.04. The van der Waals surface area contributed by atoms with Gasteiger partial charge in [-0.3, -0.25) is 0 Å². The molecule has 0 unspecified atom stereocenters. The van der Waals surface area contributed by atoms with Gasteiger partial charge in [-0.25, -0.2) is 9.97 Å². The van der Waals surface area contributed by atoms with E-state index in [0.717, 1.165) is 14.4 Å². The highest BCUT2D eigenvalue weighted by molar-refractivity contribution is 14.1. The Bertz CT molecular complexity index is 436. The SMILES string of the molecule is Cc1nc(I)c2cc(C)sc2n1. The fraction of sp³-hybridized carbons (Fsp3) is 0.250. The lowest BCUT2D eigenvalue weighted by molar-refractivity contribution is 1.08. The highest BCUT2D eigenvalue weighted by atomic mass is 127. The van der Waals surface area contributed by atoms with Gasteiger partial charge in [0.15, 0.2) is 0 Å². The molecule has 0 atom stereocenters. The zero-order valence-electron chi connectivity index (χ0n) is 6.76. The van der Waals surface area contributed by atoms with Crippen LogP contribution in [0.1, 0.15) is 10.7 Å². The Labute approximate surface area is 88.2 Å². The monoisotopic (exact) mass is 290 g/mol.